The fourth-order valence-corrected chi connectivity index (χ4v) is 1.85. The second-order valence-electron chi connectivity index (χ2n) is 4.42. The molecule has 2 aromatic rings. The summed E-state index contributed by atoms with van der Waals surface area (Å²) < 4.78 is 7.20. The number of para-hydroxylation sites is 1. The van der Waals surface area contributed by atoms with Crippen LogP contribution in [0.25, 0.3) is 10.9 Å². The van der Waals surface area contributed by atoms with Crippen molar-refractivity contribution in [2.24, 2.45) is 7.05 Å². The van der Waals surface area contributed by atoms with Gasteiger partial charge in [-0.05, 0) is 19.9 Å². The van der Waals surface area contributed by atoms with E-state index >= 15 is 0 Å². The number of aromatic nitrogens is 2. The van der Waals surface area contributed by atoms with Gasteiger partial charge >= 0.3 is 0 Å². The summed E-state index contributed by atoms with van der Waals surface area (Å²) in [5.41, 5.74) is 1.70. The van der Waals surface area contributed by atoms with E-state index in [1.165, 1.54) is 0 Å². The molecule has 2 rings (SSSR count). The molecule has 0 saturated carbocycles. The number of benzene rings is 1. The van der Waals surface area contributed by atoms with Crippen LogP contribution < -0.4 is 0 Å². The fraction of sp³-hybridized carbons (Fsp3) is 0.462. The second-order valence-corrected chi connectivity index (χ2v) is 4.42. The van der Waals surface area contributed by atoms with Crippen molar-refractivity contribution in [2.75, 3.05) is 6.61 Å². The Hall–Kier alpha value is -1.39. The Labute approximate surface area is 101 Å². The maximum absolute atomic E-state index is 10.1. The molecule has 1 N–H and O–H groups in total. The highest BCUT2D eigenvalue weighted by Crippen LogP contribution is 2.23. The average Bonchev–Trinajstić information content (AvgIpc) is 2.65. The summed E-state index contributed by atoms with van der Waals surface area (Å²) in [6.45, 7) is 4.17. The Morgan fingerprint density at radius 3 is 2.76 bits per heavy atom. The van der Waals surface area contributed by atoms with Gasteiger partial charge in [0, 0.05) is 12.4 Å². The second kappa shape index (κ2) is 4.85. The van der Waals surface area contributed by atoms with Gasteiger partial charge in [0.15, 0.2) is 0 Å². The minimum Gasteiger partial charge on any atom is -0.384 e. The van der Waals surface area contributed by atoms with Gasteiger partial charge in [0.1, 0.15) is 11.8 Å². The number of aryl methyl sites for hydroxylation is 1. The van der Waals surface area contributed by atoms with Gasteiger partial charge in [-0.1, -0.05) is 18.2 Å². The molecule has 0 spiro atoms. The van der Waals surface area contributed by atoms with E-state index in [2.05, 4.69) is 5.10 Å². The SMILES string of the molecule is CC(C)OCC(O)c1nn(C)c2ccccc12. The molecule has 1 aromatic carbocycles. The van der Waals surface area contributed by atoms with Crippen LogP contribution in [0.15, 0.2) is 24.3 Å². The molecule has 0 aliphatic heterocycles. The number of hydrogen-bond donors (Lipinski definition) is 1. The van der Waals surface area contributed by atoms with Gasteiger partial charge in [0.05, 0.1) is 18.2 Å². The van der Waals surface area contributed by atoms with E-state index in [9.17, 15) is 5.11 Å². The molecule has 0 aliphatic rings. The number of aliphatic hydroxyl groups excluding tert-OH is 1. The summed E-state index contributed by atoms with van der Waals surface area (Å²) in [6, 6.07) is 7.87. The Kier molecular flexibility index (Phi) is 3.45. The zero-order chi connectivity index (χ0) is 12.4. The van der Waals surface area contributed by atoms with Crippen LogP contribution in [0.1, 0.15) is 25.6 Å². The summed E-state index contributed by atoms with van der Waals surface area (Å²) in [6.07, 6.45) is -0.567. The summed E-state index contributed by atoms with van der Waals surface area (Å²) in [7, 11) is 1.88. The van der Waals surface area contributed by atoms with Crippen molar-refractivity contribution in [1.82, 2.24) is 9.78 Å². The molecule has 0 radical (unpaired) electrons. The van der Waals surface area contributed by atoms with Crippen LogP contribution in [0.3, 0.4) is 0 Å². The predicted octanol–water partition coefficient (Wildman–Crippen LogP) is 2.03. The van der Waals surface area contributed by atoms with Crippen LogP contribution in [-0.4, -0.2) is 27.6 Å². The lowest BCUT2D eigenvalue weighted by atomic mass is 10.1. The van der Waals surface area contributed by atoms with Gasteiger partial charge in [0.2, 0.25) is 0 Å². The Bertz CT molecular complexity index is 505. The molecule has 0 fully saturated rings. The van der Waals surface area contributed by atoms with Crippen molar-refractivity contribution < 1.29 is 9.84 Å². The van der Waals surface area contributed by atoms with Crippen LogP contribution in [-0.2, 0) is 11.8 Å². The zero-order valence-corrected chi connectivity index (χ0v) is 10.4. The lowest BCUT2D eigenvalue weighted by molar-refractivity contribution is 0.00361. The number of fused-ring (bicyclic) bond motifs is 1. The molecular weight excluding hydrogens is 216 g/mol. The quantitative estimate of drug-likeness (QED) is 0.880. The number of aliphatic hydroxyl groups is 1. The standard InChI is InChI=1S/C13H18N2O2/c1-9(2)17-8-12(16)13-10-6-4-5-7-11(10)15(3)14-13/h4-7,9,12,16H,8H2,1-3H3. The highest BCUT2D eigenvalue weighted by atomic mass is 16.5. The van der Waals surface area contributed by atoms with Gasteiger partial charge in [-0.25, -0.2) is 0 Å². The Morgan fingerprint density at radius 1 is 1.35 bits per heavy atom. The van der Waals surface area contributed by atoms with E-state index in [1.54, 1.807) is 4.68 Å². The number of nitrogens with zero attached hydrogens (tertiary/aromatic N) is 2. The molecule has 1 unspecified atom stereocenters. The monoisotopic (exact) mass is 234 g/mol. The van der Waals surface area contributed by atoms with Crippen LogP contribution >= 0.6 is 0 Å². The molecule has 0 aliphatic carbocycles. The largest absolute Gasteiger partial charge is 0.384 e. The van der Waals surface area contributed by atoms with Gasteiger partial charge in [-0.3, -0.25) is 4.68 Å². The minimum absolute atomic E-state index is 0.111. The first kappa shape index (κ1) is 12.1. The van der Waals surface area contributed by atoms with E-state index in [0.29, 0.717) is 5.69 Å². The van der Waals surface area contributed by atoms with Crippen LogP contribution in [0.5, 0.6) is 0 Å². The molecule has 17 heavy (non-hydrogen) atoms. The first-order chi connectivity index (χ1) is 8.09. The summed E-state index contributed by atoms with van der Waals surface area (Å²) in [4.78, 5) is 0. The topological polar surface area (TPSA) is 47.3 Å². The highest BCUT2D eigenvalue weighted by molar-refractivity contribution is 5.82. The Morgan fingerprint density at radius 2 is 2.06 bits per heavy atom. The summed E-state index contributed by atoms with van der Waals surface area (Å²) in [5.74, 6) is 0. The molecule has 1 atom stereocenters. The number of rotatable bonds is 4. The highest BCUT2D eigenvalue weighted by Gasteiger charge is 2.16. The molecule has 0 amide bonds. The normalized spacial score (nSPS) is 13.5. The first-order valence-electron chi connectivity index (χ1n) is 5.81. The van der Waals surface area contributed by atoms with Gasteiger partial charge in [0.25, 0.3) is 0 Å². The summed E-state index contributed by atoms with van der Waals surface area (Å²) >= 11 is 0. The zero-order valence-electron chi connectivity index (χ0n) is 10.4. The van der Waals surface area contributed by atoms with Crippen LogP contribution in [0, 0.1) is 0 Å². The van der Waals surface area contributed by atoms with Crippen molar-refractivity contribution in [3.05, 3.63) is 30.0 Å². The average molecular weight is 234 g/mol. The van der Waals surface area contributed by atoms with Crippen LogP contribution in [0.4, 0.5) is 0 Å². The molecule has 4 nitrogen and oxygen atoms in total. The third-order valence-electron chi connectivity index (χ3n) is 2.69. The molecule has 92 valence electrons. The van der Waals surface area contributed by atoms with E-state index in [0.717, 1.165) is 10.9 Å². The van der Waals surface area contributed by atoms with Gasteiger partial charge < -0.3 is 9.84 Å². The molecular formula is C13H18N2O2. The van der Waals surface area contributed by atoms with E-state index in [4.69, 9.17) is 4.74 Å². The van der Waals surface area contributed by atoms with Crippen LogP contribution in [0.2, 0.25) is 0 Å². The smallest absolute Gasteiger partial charge is 0.122 e. The lowest BCUT2D eigenvalue weighted by Crippen LogP contribution is -2.12. The minimum atomic E-state index is -0.677. The molecule has 4 heteroatoms. The number of hydrogen-bond acceptors (Lipinski definition) is 3. The molecule has 0 bridgehead atoms. The maximum atomic E-state index is 10.1. The van der Waals surface area contributed by atoms with Gasteiger partial charge in [-0.15, -0.1) is 0 Å². The number of ether oxygens (including phenoxy) is 1. The van der Waals surface area contributed by atoms with E-state index in [1.807, 2.05) is 45.2 Å². The molecule has 1 aromatic heterocycles. The van der Waals surface area contributed by atoms with Crippen molar-refractivity contribution in [3.8, 4) is 0 Å². The third kappa shape index (κ3) is 2.48. The predicted molar refractivity (Wildman–Crippen MR) is 66.8 cm³/mol. The van der Waals surface area contributed by atoms with Crippen molar-refractivity contribution in [2.45, 2.75) is 26.1 Å². The fourth-order valence-electron chi connectivity index (χ4n) is 1.85. The Balaban J connectivity index is 2.29. The lowest BCUT2D eigenvalue weighted by Gasteiger charge is -2.11. The maximum Gasteiger partial charge on any atom is 0.122 e. The third-order valence-corrected chi connectivity index (χ3v) is 2.69. The van der Waals surface area contributed by atoms with Crippen molar-refractivity contribution >= 4 is 10.9 Å². The van der Waals surface area contributed by atoms with Crippen molar-refractivity contribution in [1.29, 1.82) is 0 Å². The van der Waals surface area contributed by atoms with Gasteiger partial charge in [-0.2, -0.15) is 5.10 Å². The molecule has 1 heterocycles. The van der Waals surface area contributed by atoms with Crippen molar-refractivity contribution in [3.63, 3.8) is 0 Å². The van der Waals surface area contributed by atoms with E-state index < -0.39 is 6.10 Å². The molecule has 0 saturated heterocycles. The first-order valence-corrected chi connectivity index (χ1v) is 5.81. The van der Waals surface area contributed by atoms with E-state index in [-0.39, 0.29) is 12.7 Å². The summed E-state index contributed by atoms with van der Waals surface area (Å²) in [5, 5.41) is 15.4.